The smallest absolute Gasteiger partial charge is 0.351 e. The lowest BCUT2D eigenvalue weighted by Gasteiger charge is -2.20. The van der Waals surface area contributed by atoms with Gasteiger partial charge in [-0.05, 0) is 24.5 Å². The predicted molar refractivity (Wildman–Crippen MR) is 75.5 cm³/mol. The third-order valence-corrected chi connectivity index (χ3v) is 2.99. The summed E-state index contributed by atoms with van der Waals surface area (Å²) in [7, 11) is 0. The summed E-state index contributed by atoms with van der Waals surface area (Å²) < 4.78 is 44.3. The van der Waals surface area contributed by atoms with Gasteiger partial charge in [0.2, 0.25) is 5.76 Å². The van der Waals surface area contributed by atoms with Crippen molar-refractivity contribution in [2.24, 2.45) is 5.92 Å². The van der Waals surface area contributed by atoms with E-state index in [2.05, 4.69) is 10.1 Å². The van der Waals surface area contributed by atoms with Crippen molar-refractivity contribution < 1.29 is 22.5 Å². The van der Waals surface area contributed by atoms with Crippen molar-refractivity contribution in [1.82, 2.24) is 15.5 Å². The molecule has 1 amide bonds. The molecule has 0 bridgehead atoms. The lowest BCUT2D eigenvalue weighted by Crippen LogP contribution is -2.38. The Morgan fingerprint density at radius 3 is 2.65 bits per heavy atom. The molecule has 0 fully saturated rings. The number of nitrogens with zero attached hydrogens (tertiary/aromatic N) is 2. The molecule has 2 aromatic rings. The highest BCUT2D eigenvalue weighted by Gasteiger charge is 2.43. The van der Waals surface area contributed by atoms with E-state index in [-0.39, 0.29) is 17.4 Å². The van der Waals surface area contributed by atoms with Gasteiger partial charge in [-0.25, -0.2) is 0 Å². The molecule has 5 nitrogen and oxygen atoms in total. The fraction of sp³-hybridized carbons (Fsp3) is 0.400. The molecule has 23 heavy (non-hydrogen) atoms. The number of carbonyl (C=O) groups excluding carboxylic acids is 1. The number of halogens is 3. The number of nitrogens with one attached hydrogen (secondary N) is 1. The zero-order valence-electron chi connectivity index (χ0n) is 12.6. The average Bonchev–Trinajstić information content (AvgIpc) is 2.92. The van der Waals surface area contributed by atoms with E-state index in [0.717, 1.165) is 0 Å². The minimum Gasteiger partial charge on any atom is -0.351 e. The maximum Gasteiger partial charge on any atom is 0.414 e. The molecule has 0 aliphatic heterocycles. The molecule has 0 aromatic carbocycles. The first-order valence-corrected chi connectivity index (χ1v) is 7.01. The lowest BCUT2D eigenvalue weighted by atomic mass is 10.1. The fourth-order valence-corrected chi connectivity index (χ4v) is 2.01. The highest BCUT2D eigenvalue weighted by Crippen LogP contribution is 2.31. The van der Waals surface area contributed by atoms with Crippen LogP contribution in [-0.4, -0.2) is 22.2 Å². The Morgan fingerprint density at radius 2 is 2.09 bits per heavy atom. The molecule has 2 heterocycles. The lowest BCUT2D eigenvalue weighted by molar-refractivity contribution is -0.156. The number of carbonyl (C=O) groups is 1. The quantitative estimate of drug-likeness (QED) is 0.915. The number of hydrogen-bond acceptors (Lipinski definition) is 4. The van der Waals surface area contributed by atoms with Crippen LogP contribution in [0.4, 0.5) is 13.2 Å². The third-order valence-electron chi connectivity index (χ3n) is 2.99. The van der Waals surface area contributed by atoms with Crippen molar-refractivity contribution in [2.75, 3.05) is 0 Å². The highest BCUT2D eigenvalue weighted by molar-refractivity contribution is 5.91. The van der Waals surface area contributed by atoms with Crippen molar-refractivity contribution in [3.8, 4) is 0 Å². The maximum atomic E-state index is 13.2. The molecular weight excluding hydrogens is 311 g/mol. The van der Waals surface area contributed by atoms with Crippen LogP contribution in [0, 0.1) is 5.92 Å². The molecule has 8 heteroatoms. The Bertz CT molecular complexity index is 653. The summed E-state index contributed by atoms with van der Waals surface area (Å²) in [4.78, 5) is 15.7. The number of amides is 1. The Balaban J connectivity index is 2.16. The van der Waals surface area contributed by atoms with Crippen LogP contribution < -0.4 is 5.32 Å². The van der Waals surface area contributed by atoms with Gasteiger partial charge in [0, 0.05) is 12.3 Å². The second kappa shape index (κ2) is 6.80. The molecule has 1 atom stereocenters. The zero-order chi connectivity index (χ0) is 17.0. The van der Waals surface area contributed by atoms with Crippen molar-refractivity contribution in [3.63, 3.8) is 0 Å². The van der Waals surface area contributed by atoms with E-state index in [0.29, 0.717) is 12.1 Å². The Labute approximate surface area is 130 Å². The monoisotopic (exact) mass is 327 g/mol. The van der Waals surface area contributed by atoms with E-state index < -0.39 is 18.1 Å². The second-order valence-electron chi connectivity index (χ2n) is 5.48. The summed E-state index contributed by atoms with van der Waals surface area (Å²) in [6.45, 7) is 3.91. The molecule has 0 unspecified atom stereocenters. The molecule has 2 rings (SSSR count). The SMILES string of the molecule is CC(C)Cc1cc(C(=O)N[C@@H](c2ccccn2)C(F)(F)F)on1. The van der Waals surface area contributed by atoms with Gasteiger partial charge in [-0.15, -0.1) is 0 Å². The Kier molecular flexibility index (Phi) is 5.02. The van der Waals surface area contributed by atoms with E-state index in [1.165, 1.54) is 30.5 Å². The molecule has 124 valence electrons. The van der Waals surface area contributed by atoms with Crippen molar-refractivity contribution in [3.05, 3.63) is 47.6 Å². The first kappa shape index (κ1) is 17.0. The van der Waals surface area contributed by atoms with Crippen molar-refractivity contribution in [1.29, 1.82) is 0 Å². The van der Waals surface area contributed by atoms with Gasteiger partial charge in [-0.2, -0.15) is 13.2 Å². The largest absolute Gasteiger partial charge is 0.414 e. The van der Waals surface area contributed by atoms with E-state index in [9.17, 15) is 18.0 Å². The highest BCUT2D eigenvalue weighted by atomic mass is 19.4. The molecule has 0 spiro atoms. The van der Waals surface area contributed by atoms with Gasteiger partial charge in [0.15, 0.2) is 6.04 Å². The van der Waals surface area contributed by atoms with Crippen LogP contribution in [0.25, 0.3) is 0 Å². The molecule has 0 saturated heterocycles. The van der Waals surface area contributed by atoms with Crippen LogP contribution in [-0.2, 0) is 6.42 Å². The molecule has 0 aliphatic rings. The molecule has 0 aliphatic carbocycles. The zero-order valence-corrected chi connectivity index (χ0v) is 12.6. The number of hydrogen-bond donors (Lipinski definition) is 1. The van der Waals surface area contributed by atoms with Crippen LogP contribution >= 0.6 is 0 Å². The van der Waals surface area contributed by atoms with Gasteiger partial charge in [0.05, 0.1) is 11.4 Å². The fourth-order valence-electron chi connectivity index (χ4n) is 2.01. The van der Waals surface area contributed by atoms with Crippen LogP contribution in [0.1, 0.15) is 41.8 Å². The second-order valence-corrected chi connectivity index (χ2v) is 5.48. The number of rotatable bonds is 5. The average molecular weight is 327 g/mol. The number of alkyl halides is 3. The van der Waals surface area contributed by atoms with Gasteiger partial charge in [0.1, 0.15) is 0 Å². The topological polar surface area (TPSA) is 68.0 Å². The number of pyridine rings is 1. The number of aromatic nitrogens is 2. The van der Waals surface area contributed by atoms with Gasteiger partial charge in [-0.1, -0.05) is 25.1 Å². The summed E-state index contributed by atoms with van der Waals surface area (Å²) in [5, 5.41) is 5.58. The van der Waals surface area contributed by atoms with Gasteiger partial charge >= 0.3 is 6.18 Å². The molecule has 1 N–H and O–H groups in total. The summed E-state index contributed by atoms with van der Waals surface area (Å²) in [5.74, 6) is -0.959. The third kappa shape index (κ3) is 4.54. The summed E-state index contributed by atoms with van der Waals surface area (Å²) in [5.41, 5.74) is 0.224. The van der Waals surface area contributed by atoms with Crippen molar-refractivity contribution >= 4 is 5.91 Å². The Hall–Kier alpha value is -2.38. The minimum absolute atomic E-state index is 0.258. The molecule has 2 aromatic heterocycles. The van der Waals surface area contributed by atoms with Crippen LogP contribution in [0.15, 0.2) is 35.0 Å². The van der Waals surface area contributed by atoms with Gasteiger partial charge in [-0.3, -0.25) is 9.78 Å². The van der Waals surface area contributed by atoms with Gasteiger partial charge in [0.25, 0.3) is 5.91 Å². The van der Waals surface area contributed by atoms with Crippen LogP contribution in [0.2, 0.25) is 0 Å². The molecule has 0 saturated carbocycles. The minimum atomic E-state index is -4.68. The molecule has 0 radical (unpaired) electrons. The van der Waals surface area contributed by atoms with E-state index in [1.807, 2.05) is 19.2 Å². The Morgan fingerprint density at radius 1 is 1.35 bits per heavy atom. The van der Waals surface area contributed by atoms with E-state index in [1.54, 1.807) is 0 Å². The van der Waals surface area contributed by atoms with Crippen molar-refractivity contribution in [2.45, 2.75) is 32.5 Å². The van der Waals surface area contributed by atoms with Crippen LogP contribution in [0.3, 0.4) is 0 Å². The normalized spacial score (nSPS) is 13.1. The first-order chi connectivity index (χ1) is 10.8. The van der Waals surface area contributed by atoms with Crippen LogP contribution in [0.5, 0.6) is 0 Å². The maximum absolute atomic E-state index is 13.2. The first-order valence-electron chi connectivity index (χ1n) is 7.01. The predicted octanol–water partition coefficient (Wildman–Crippen LogP) is 3.30. The summed E-state index contributed by atoms with van der Waals surface area (Å²) in [6, 6.07) is 3.25. The summed E-state index contributed by atoms with van der Waals surface area (Å²) in [6.07, 6.45) is -2.88. The standard InChI is InChI=1S/C15H16F3N3O2/c1-9(2)7-10-8-12(23-21-10)14(22)20-13(15(16,17)18)11-5-3-4-6-19-11/h3-6,8-9,13H,7H2,1-2H3,(H,20,22)/t13-/m0/s1. The van der Waals surface area contributed by atoms with E-state index in [4.69, 9.17) is 4.52 Å². The molecular formula is C15H16F3N3O2. The van der Waals surface area contributed by atoms with Gasteiger partial charge < -0.3 is 9.84 Å². The summed E-state index contributed by atoms with van der Waals surface area (Å²) >= 11 is 0. The van der Waals surface area contributed by atoms with E-state index >= 15 is 0 Å².